The van der Waals surface area contributed by atoms with Crippen molar-refractivity contribution in [2.24, 2.45) is 0 Å². The second kappa shape index (κ2) is 8.55. The van der Waals surface area contributed by atoms with E-state index in [1.165, 1.54) is 0 Å². The summed E-state index contributed by atoms with van der Waals surface area (Å²) in [6.07, 6.45) is 7.98. The molecule has 166 valence electrons. The Bertz CT molecular complexity index is 1300. The van der Waals surface area contributed by atoms with Gasteiger partial charge in [-0.05, 0) is 73.9 Å². The van der Waals surface area contributed by atoms with Gasteiger partial charge in [-0.2, -0.15) is 5.26 Å². The number of benzene rings is 1. The standard InChI is InChI=1S/C26H23N3O4/c27-16-26(11-3-4-12-26)29-22(30)15-33-25(31)23-19-7-1-2-8-21(19)28-24-17(9-10-20(23)24)14-18-6-5-13-32-18/h1-2,5-8,13-14H,3-4,9-12,15H2,(H,29,30)/b17-14+. The Morgan fingerprint density at radius 1 is 1.18 bits per heavy atom. The summed E-state index contributed by atoms with van der Waals surface area (Å²) in [5, 5.41) is 12.9. The lowest BCUT2D eigenvalue weighted by molar-refractivity contribution is -0.125. The van der Waals surface area contributed by atoms with Crippen LogP contribution in [0.5, 0.6) is 0 Å². The van der Waals surface area contributed by atoms with Crippen LogP contribution < -0.4 is 5.32 Å². The number of furan rings is 1. The number of allylic oxidation sites excluding steroid dienone is 1. The molecule has 1 N–H and O–H groups in total. The number of pyridine rings is 1. The molecule has 7 nitrogen and oxygen atoms in total. The number of hydrogen-bond donors (Lipinski definition) is 1. The topological polar surface area (TPSA) is 105 Å². The van der Waals surface area contributed by atoms with Crippen molar-refractivity contribution in [3.63, 3.8) is 0 Å². The third-order valence-electron chi connectivity index (χ3n) is 6.39. The number of aromatic nitrogens is 1. The number of fused-ring (bicyclic) bond motifs is 2. The quantitative estimate of drug-likeness (QED) is 0.588. The number of carbonyl (C=O) groups is 2. The van der Waals surface area contributed by atoms with Crippen molar-refractivity contribution in [2.75, 3.05) is 6.61 Å². The molecule has 1 saturated carbocycles. The van der Waals surface area contributed by atoms with Crippen LogP contribution in [0.3, 0.4) is 0 Å². The van der Waals surface area contributed by atoms with E-state index in [9.17, 15) is 14.9 Å². The second-order valence-electron chi connectivity index (χ2n) is 8.54. The first kappa shape index (κ1) is 21.0. The van der Waals surface area contributed by atoms with Crippen LogP contribution in [-0.2, 0) is 16.0 Å². The molecule has 2 heterocycles. The van der Waals surface area contributed by atoms with Crippen molar-refractivity contribution in [3.8, 4) is 6.07 Å². The van der Waals surface area contributed by atoms with Gasteiger partial charge in [-0.25, -0.2) is 9.78 Å². The molecule has 7 heteroatoms. The van der Waals surface area contributed by atoms with E-state index in [2.05, 4.69) is 11.4 Å². The molecule has 0 saturated heterocycles. The fourth-order valence-electron chi connectivity index (χ4n) is 4.81. The van der Waals surface area contributed by atoms with Gasteiger partial charge in [0.05, 0.1) is 29.1 Å². The van der Waals surface area contributed by atoms with Gasteiger partial charge >= 0.3 is 5.97 Å². The average Bonchev–Trinajstić information content (AvgIpc) is 3.59. The minimum Gasteiger partial charge on any atom is -0.465 e. The Hall–Kier alpha value is -3.92. The maximum absolute atomic E-state index is 13.2. The summed E-state index contributed by atoms with van der Waals surface area (Å²) in [4.78, 5) is 30.5. The molecule has 2 aliphatic carbocycles. The van der Waals surface area contributed by atoms with Crippen LogP contribution in [0, 0.1) is 11.3 Å². The molecule has 0 spiro atoms. The van der Waals surface area contributed by atoms with Crippen molar-refractivity contribution in [1.82, 2.24) is 10.3 Å². The smallest absolute Gasteiger partial charge is 0.339 e. The molecule has 0 atom stereocenters. The summed E-state index contributed by atoms with van der Waals surface area (Å²) < 4.78 is 10.9. The number of esters is 1. The zero-order chi connectivity index (χ0) is 22.8. The molecule has 1 aromatic carbocycles. The van der Waals surface area contributed by atoms with Gasteiger partial charge in [0.1, 0.15) is 11.3 Å². The number of hydrogen-bond acceptors (Lipinski definition) is 6. The summed E-state index contributed by atoms with van der Waals surface area (Å²) >= 11 is 0. The molecule has 33 heavy (non-hydrogen) atoms. The maximum Gasteiger partial charge on any atom is 0.339 e. The molecule has 0 radical (unpaired) electrons. The van der Waals surface area contributed by atoms with Gasteiger partial charge < -0.3 is 14.5 Å². The minimum absolute atomic E-state index is 0.428. The Morgan fingerprint density at radius 3 is 2.76 bits per heavy atom. The number of rotatable bonds is 5. The van der Waals surface area contributed by atoms with Crippen LogP contribution in [0.25, 0.3) is 22.6 Å². The first-order valence-corrected chi connectivity index (χ1v) is 11.1. The summed E-state index contributed by atoms with van der Waals surface area (Å²) in [5.74, 6) is -0.288. The molecular formula is C26H23N3O4. The maximum atomic E-state index is 13.2. The van der Waals surface area contributed by atoms with Crippen LogP contribution in [0.2, 0.25) is 0 Å². The summed E-state index contributed by atoms with van der Waals surface area (Å²) in [6.45, 7) is -0.428. The van der Waals surface area contributed by atoms with Gasteiger partial charge in [0.2, 0.25) is 0 Å². The lowest BCUT2D eigenvalue weighted by atomic mass is 10.00. The molecule has 5 rings (SSSR count). The third kappa shape index (κ3) is 4.00. The molecule has 1 amide bonds. The zero-order valence-corrected chi connectivity index (χ0v) is 18.1. The number of nitrogens with zero attached hydrogens (tertiary/aromatic N) is 2. The van der Waals surface area contributed by atoms with E-state index in [1.807, 2.05) is 42.5 Å². The predicted molar refractivity (Wildman–Crippen MR) is 122 cm³/mol. The molecule has 0 unspecified atom stereocenters. The van der Waals surface area contributed by atoms with Crippen molar-refractivity contribution < 1.29 is 18.7 Å². The Labute approximate surface area is 191 Å². The molecule has 0 bridgehead atoms. The molecule has 2 aromatic heterocycles. The number of nitriles is 1. The van der Waals surface area contributed by atoms with Gasteiger partial charge in [-0.1, -0.05) is 18.2 Å². The number of carbonyl (C=O) groups excluding carboxylic acids is 2. The SMILES string of the molecule is N#CC1(NC(=O)COC(=O)c2c3c(nc4ccccc24)/C(=C/c2ccco2)CC3)CCCC1. The largest absolute Gasteiger partial charge is 0.465 e. The summed E-state index contributed by atoms with van der Waals surface area (Å²) in [6, 6.07) is 13.3. The first-order chi connectivity index (χ1) is 16.1. The number of ether oxygens (including phenoxy) is 1. The molecule has 2 aliphatic rings. The zero-order valence-electron chi connectivity index (χ0n) is 18.1. The van der Waals surface area contributed by atoms with E-state index in [-0.39, 0.29) is 0 Å². The van der Waals surface area contributed by atoms with Gasteiger partial charge in [0.15, 0.2) is 6.61 Å². The monoisotopic (exact) mass is 441 g/mol. The summed E-state index contributed by atoms with van der Waals surface area (Å²) in [7, 11) is 0. The van der Waals surface area contributed by atoms with Crippen molar-refractivity contribution in [3.05, 3.63) is 65.2 Å². The minimum atomic E-state index is -0.848. The van der Waals surface area contributed by atoms with Crippen LogP contribution >= 0.6 is 0 Å². The van der Waals surface area contributed by atoms with Gasteiger partial charge in [0, 0.05) is 5.39 Å². The van der Waals surface area contributed by atoms with Crippen LogP contribution in [0.1, 0.15) is 59.5 Å². The normalized spacial score (nSPS) is 17.6. The Balaban J connectivity index is 1.42. The number of amides is 1. The van der Waals surface area contributed by atoms with Crippen molar-refractivity contribution in [2.45, 2.75) is 44.1 Å². The third-order valence-corrected chi connectivity index (χ3v) is 6.39. The van der Waals surface area contributed by atoms with Crippen LogP contribution in [-0.4, -0.2) is 29.0 Å². The van der Waals surface area contributed by atoms with Gasteiger partial charge in [-0.3, -0.25) is 4.79 Å². The first-order valence-electron chi connectivity index (χ1n) is 11.1. The second-order valence-corrected chi connectivity index (χ2v) is 8.54. The molecular weight excluding hydrogens is 418 g/mol. The van der Waals surface area contributed by atoms with E-state index >= 15 is 0 Å². The van der Waals surface area contributed by atoms with E-state index in [0.717, 1.165) is 41.9 Å². The fraction of sp³-hybridized carbons (Fsp3) is 0.308. The molecule has 0 aliphatic heterocycles. The Morgan fingerprint density at radius 2 is 2.00 bits per heavy atom. The highest BCUT2D eigenvalue weighted by Gasteiger charge is 2.35. The summed E-state index contributed by atoms with van der Waals surface area (Å²) in [5.41, 5.74) is 2.86. The number of nitrogens with one attached hydrogen (secondary N) is 1. The number of para-hydroxylation sites is 1. The predicted octanol–water partition coefficient (Wildman–Crippen LogP) is 4.42. The van der Waals surface area contributed by atoms with E-state index in [1.54, 1.807) is 6.26 Å². The van der Waals surface area contributed by atoms with E-state index < -0.39 is 24.0 Å². The highest BCUT2D eigenvalue weighted by molar-refractivity contribution is 6.07. The molecule has 3 aromatic rings. The van der Waals surface area contributed by atoms with E-state index in [4.69, 9.17) is 14.1 Å². The van der Waals surface area contributed by atoms with Crippen molar-refractivity contribution >= 4 is 34.4 Å². The highest BCUT2D eigenvalue weighted by atomic mass is 16.5. The fourth-order valence-corrected chi connectivity index (χ4v) is 4.81. The Kier molecular flexibility index (Phi) is 5.43. The highest BCUT2D eigenvalue weighted by Crippen LogP contribution is 2.38. The molecule has 1 fully saturated rings. The average molecular weight is 441 g/mol. The van der Waals surface area contributed by atoms with Crippen LogP contribution in [0.4, 0.5) is 0 Å². The van der Waals surface area contributed by atoms with Gasteiger partial charge in [-0.15, -0.1) is 0 Å². The lowest BCUT2D eigenvalue weighted by Crippen LogP contribution is -2.46. The van der Waals surface area contributed by atoms with E-state index in [0.29, 0.717) is 35.7 Å². The van der Waals surface area contributed by atoms with Gasteiger partial charge in [0.25, 0.3) is 5.91 Å². The van der Waals surface area contributed by atoms with Crippen molar-refractivity contribution in [1.29, 1.82) is 5.26 Å². The lowest BCUT2D eigenvalue weighted by Gasteiger charge is -2.21. The van der Waals surface area contributed by atoms with Crippen LogP contribution in [0.15, 0.2) is 47.1 Å².